The van der Waals surface area contributed by atoms with Gasteiger partial charge in [0.2, 0.25) is 5.78 Å². The number of nitrogens with one attached hydrogen (secondary N) is 1. The predicted octanol–water partition coefficient (Wildman–Crippen LogP) is 0.641. The predicted molar refractivity (Wildman–Crippen MR) is 48.0 cm³/mol. The van der Waals surface area contributed by atoms with E-state index in [1.807, 2.05) is 0 Å². The van der Waals surface area contributed by atoms with Crippen LogP contribution in [0.3, 0.4) is 0 Å². The molecule has 5 heteroatoms. The number of aromatic nitrogens is 2. The summed E-state index contributed by atoms with van der Waals surface area (Å²) >= 11 is 3.18. The van der Waals surface area contributed by atoms with Gasteiger partial charge in [-0.3, -0.25) is 4.79 Å². The first-order valence-corrected chi connectivity index (χ1v) is 4.18. The fourth-order valence-corrected chi connectivity index (χ4v) is 0.901. The smallest absolute Gasteiger partial charge is 0.213 e. The molecule has 0 aliphatic carbocycles. The highest BCUT2D eigenvalue weighted by Gasteiger charge is 2.06. The molecular weight excluding hydrogens is 222 g/mol. The molecule has 0 saturated carbocycles. The molecule has 1 aromatic rings. The SMILES string of the molecule is CNCC(=O)c1ncc(Br)cn1. The van der Waals surface area contributed by atoms with Gasteiger partial charge in [0, 0.05) is 12.4 Å². The van der Waals surface area contributed by atoms with Crippen molar-refractivity contribution in [3.05, 3.63) is 22.7 Å². The highest BCUT2D eigenvalue weighted by molar-refractivity contribution is 9.10. The van der Waals surface area contributed by atoms with E-state index < -0.39 is 0 Å². The number of rotatable bonds is 3. The molecule has 0 aliphatic rings. The molecule has 0 aliphatic heterocycles. The summed E-state index contributed by atoms with van der Waals surface area (Å²) in [5, 5.41) is 2.74. The largest absolute Gasteiger partial charge is 0.313 e. The molecule has 0 saturated heterocycles. The standard InChI is InChI=1S/C7H8BrN3O/c1-9-4-6(12)7-10-2-5(8)3-11-7/h2-3,9H,4H2,1H3. The van der Waals surface area contributed by atoms with Gasteiger partial charge in [-0.25, -0.2) is 9.97 Å². The Kier molecular flexibility index (Phi) is 3.31. The van der Waals surface area contributed by atoms with Gasteiger partial charge in [0.05, 0.1) is 11.0 Å². The highest BCUT2D eigenvalue weighted by Crippen LogP contribution is 2.04. The number of hydrogen-bond acceptors (Lipinski definition) is 4. The Balaban J connectivity index is 2.75. The van der Waals surface area contributed by atoms with Crippen molar-refractivity contribution < 1.29 is 4.79 Å². The lowest BCUT2D eigenvalue weighted by molar-refractivity contribution is 0.0983. The molecule has 1 heterocycles. The van der Waals surface area contributed by atoms with Gasteiger partial charge >= 0.3 is 0 Å². The van der Waals surface area contributed by atoms with Crippen molar-refractivity contribution in [3.63, 3.8) is 0 Å². The molecule has 12 heavy (non-hydrogen) atoms. The van der Waals surface area contributed by atoms with E-state index in [0.29, 0.717) is 0 Å². The third kappa shape index (κ3) is 2.35. The zero-order valence-corrected chi connectivity index (χ0v) is 8.13. The van der Waals surface area contributed by atoms with Crippen molar-refractivity contribution in [2.45, 2.75) is 0 Å². The Morgan fingerprint density at radius 2 is 2.17 bits per heavy atom. The zero-order chi connectivity index (χ0) is 8.97. The molecule has 1 N–H and O–H groups in total. The van der Waals surface area contributed by atoms with E-state index in [9.17, 15) is 4.79 Å². The molecule has 0 aromatic carbocycles. The molecule has 4 nitrogen and oxygen atoms in total. The summed E-state index contributed by atoms with van der Waals surface area (Å²) in [7, 11) is 1.71. The lowest BCUT2D eigenvalue weighted by atomic mass is 10.3. The summed E-state index contributed by atoms with van der Waals surface area (Å²) < 4.78 is 0.767. The van der Waals surface area contributed by atoms with Crippen LogP contribution in [0.15, 0.2) is 16.9 Å². The van der Waals surface area contributed by atoms with Crippen LogP contribution in [-0.2, 0) is 0 Å². The molecule has 0 atom stereocenters. The van der Waals surface area contributed by atoms with Crippen LogP contribution in [0.4, 0.5) is 0 Å². The second-order valence-corrected chi connectivity index (χ2v) is 3.09. The maximum absolute atomic E-state index is 11.2. The summed E-state index contributed by atoms with van der Waals surface area (Å²) in [4.78, 5) is 18.9. The van der Waals surface area contributed by atoms with Crippen LogP contribution in [0.2, 0.25) is 0 Å². The minimum absolute atomic E-state index is 0.106. The van der Waals surface area contributed by atoms with Crippen LogP contribution in [0, 0.1) is 0 Å². The normalized spacial score (nSPS) is 9.83. The molecule has 0 fully saturated rings. The van der Waals surface area contributed by atoms with Gasteiger partial charge in [0.1, 0.15) is 0 Å². The second-order valence-electron chi connectivity index (χ2n) is 2.18. The summed E-state index contributed by atoms with van der Waals surface area (Å²) in [5.41, 5.74) is 0. The van der Waals surface area contributed by atoms with E-state index in [0.717, 1.165) is 4.47 Å². The molecule has 0 radical (unpaired) electrons. The van der Waals surface area contributed by atoms with Crippen LogP contribution in [0.5, 0.6) is 0 Å². The molecule has 64 valence electrons. The summed E-state index contributed by atoms with van der Waals surface area (Å²) in [5.74, 6) is 0.137. The van der Waals surface area contributed by atoms with Gasteiger partial charge < -0.3 is 5.32 Å². The molecule has 0 bridgehead atoms. The highest BCUT2D eigenvalue weighted by atomic mass is 79.9. The number of nitrogens with zero attached hydrogens (tertiary/aromatic N) is 2. The van der Waals surface area contributed by atoms with Gasteiger partial charge in [0.15, 0.2) is 5.82 Å². The van der Waals surface area contributed by atoms with Crippen LogP contribution in [0.25, 0.3) is 0 Å². The maximum atomic E-state index is 11.2. The van der Waals surface area contributed by atoms with E-state index in [1.54, 1.807) is 19.4 Å². The minimum Gasteiger partial charge on any atom is -0.313 e. The van der Waals surface area contributed by atoms with Crippen molar-refractivity contribution in [1.82, 2.24) is 15.3 Å². The molecule has 1 rings (SSSR count). The third-order valence-electron chi connectivity index (χ3n) is 1.21. The molecule has 1 aromatic heterocycles. The van der Waals surface area contributed by atoms with Gasteiger partial charge in [-0.1, -0.05) is 0 Å². The first kappa shape index (κ1) is 9.28. The number of likely N-dealkylation sites (N-methyl/N-ethyl adjacent to an activating group) is 1. The number of carbonyl (C=O) groups is 1. The van der Waals surface area contributed by atoms with Gasteiger partial charge in [-0.2, -0.15) is 0 Å². The van der Waals surface area contributed by atoms with Crippen molar-refractivity contribution in [2.75, 3.05) is 13.6 Å². The zero-order valence-electron chi connectivity index (χ0n) is 6.54. The van der Waals surface area contributed by atoms with E-state index in [2.05, 4.69) is 31.2 Å². The summed E-state index contributed by atoms with van der Waals surface area (Å²) in [6.07, 6.45) is 3.10. The lowest BCUT2D eigenvalue weighted by Gasteiger charge is -1.96. The van der Waals surface area contributed by atoms with Crippen LogP contribution >= 0.6 is 15.9 Å². The summed E-state index contributed by atoms with van der Waals surface area (Å²) in [6.45, 7) is 0.266. The Hall–Kier alpha value is -0.810. The molecule has 0 unspecified atom stereocenters. The quantitative estimate of drug-likeness (QED) is 0.774. The number of halogens is 1. The first-order chi connectivity index (χ1) is 5.74. The molecule has 0 spiro atoms. The fourth-order valence-electron chi connectivity index (χ4n) is 0.696. The molecular formula is C7H8BrN3O. The van der Waals surface area contributed by atoms with Gasteiger partial charge in [0.25, 0.3) is 0 Å². The third-order valence-corrected chi connectivity index (χ3v) is 1.62. The average molecular weight is 230 g/mol. The van der Waals surface area contributed by atoms with Crippen molar-refractivity contribution in [1.29, 1.82) is 0 Å². The average Bonchev–Trinajstić information content (AvgIpc) is 2.06. The van der Waals surface area contributed by atoms with Gasteiger partial charge in [-0.05, 0) is 23.0 Å². The van der Waals surface area contributed by atoms with Crippen LogP contribution in [0.1, 0.15) is 10.6 Å². The number of carbonyl (C=O) groups excluding carboxylic acids is 1. The topological polar surface area (TPSA) is 54.9 Å². The Bertz CT molecular complexity index is 272. The number of ketones is 1. The fraction of sp³-hybridized carbons (Fsp3) is 0.286. The van der Waals surface area contributed by atoms with Crippen molar-refractivity contribution in [3.8, 4) is 0 Å². The number of hydrogen-bond donors (Lipinski definition) is 1. The van der Waals surface area contributed by atoms with Crippen LogP contribution < -0.4 is 5.32 Å². The monoisotopic (exact) mass is 229 g/mol. The van der Waals surface area contributed by atoms with E-state index in [-0.39, 0.29) is 18.2 Å². The first-order valence-electron chi connectivity index (χ1n) is 3.39. The second kappa shape index (κ2) is 4.27. The van der Waals surface area contributed by atoms with E-state index in [4.69, 9.17) is 0 Å². The Morgan fingerprint density at radius 1 is 1.58 bits per heavy atom. The van der Waals surface area contributed by atoms with Crippen molar-refractivity contribution in [2.24, 2.45) is 0 Å². The number of Topliss-reactive ketones (excluding diaryl/α,β-unsaturated/α-hetero) is 1. The maximum Gasteiger partial charge on any atom is 0.213 e. The minimum atomic E-state index is -0.106. The van der Waals surface area contributed by atoms with E-state index >= 15 is 0 Å². The Labute approximate surface area is 78.5 Å². The lowest BCUT2D eigenvalue weighted by Crippen LogP contribution is -2.20. The van der Waals surface area contributed by atoms with Crippen LogP contribution in [-0.4, -0.2) is 29.3 Å². The van der Waals surface area contributed by atoms with Crippen molar-refractivity contribution >= 4 is 21.7 Å². The summed E-state index contributed by atoms with van der Waals surface area (Å²) in [6, 6.07) is 0. The molecule has 0 amide bonds. The van der Waals surface area contributed by atoms with Gasteiger partial charge in [-0.15, -0.1) is 0 Å². The Morgan fingerprint density at radius 3 is 2.67 bits per heavy atom. The van der Waals surface area contributed by atoms with E-state index in [1.165, 1.54) is 0 Å².